The molecule has 0 aromatic heterocycles. The molecule has 76 valence electrons. The van der Waals surface area contributed by atoms with Crippen LogP contribution in [0.2, 0.25) is 0 Å². The molecule has 1 fully saturated rings. The summed E-state index contributed by atoms with van der Waals surface area (Å²) in [7, 11) is 0. The predicted octanol–water partition coefficient (Wildman–Crippen LogP) is 2.30. The number of carbonyl (C=O) groups is 1. The van der Waals surface area contributed by atoms with Crippen LogP contribution in [0, 0.1) is 5.92 Å². The highest BCUT2D eigenvalue weighted by Gasteiger charge is 2.30. The largest absolute Gasteiger partial charge is 0.382 e. The number of aliphatic hydroxyl groups is 1. The number of ketones is 1. The monoisotopic (exact) mass is 184 g/mol. The second kappa shape index (κ2) is 4.23. The molecule has 0 bridgehead atoms. The van der Waals surface area contributed by atoms with Crippen molar-refractivity contribution in [2.45, 2.75) is 58.0 Å². The minimum Gasteiger partial charge on any atom is -0.382 e. The van der Waals surface area contributed by atoms with Crippen molar-refractivity contribution in [1.82, 2.24) is 0 Å². The van der Waals surface area contributed by atoms with Gasteiger partial charge in [-0.1, -0.05) is 32.6 Å². The van der Waals surface area contributed by atoms with Crippen LogP contribution in [-0.2, 0) is 4.79 Å². The number of hydrogen-bond donors (Lipinski definition) is 1. The molecule has 0 aliphatic heterocycles. The molecule has 0 aromatic carbocycles. The van der Waals surface area contributed by atoms with Gasteiger partial charge in [0.05, 0.1) is 0 Å². The van der Waals surface area contributed by atoms with Gasteiger partial charge >= 0.3 is 0 Å². The Morgan fingerprint density at radius 1 is 1.46 bits per heavy atom. The van der Waals surface area contributed by atoms with Crippen molar-refractivity contribution in [2.75, 3.05) is 0 Å². The highest BCUT2D eigenvalue weighted by Crippen LogP contribution is 2.29. The van der Waals surface area contributed by atoms with Crippen LogP contribution in [0.3, 0.4) is 0 Å². The van der Waals surface area contributed by atoms with Gasteiger partial charge in [-0.25, -0.2) is 0 Å². The van der Waals surface area contributed by atoms with Crippen molar-refractivity contribution in [3.05, 3.63) is 0 Å². The lowest BCUT2D eigenvalue weighted by Crippen LogP contribution is -2.35. The quantitative estimate of drug-likeness (QED) is 0.728. The van der Waals surface area contributed by atoms with E-state index in [9.17, 15) is 9.90 Å². The highest BCUT2D eigenvalue weighted by molar-refractivity contribution is 5.86. The van der Waals surface area contributed by atoms with Gasteiger partial charge in [-0.05, 0) is 19.3 Å². The lowest BCUT2D eigenvalue weighted by Gasteiger charge is -2.21. The summed E-state index contributed by atoms with van der Waals surface area (Å²) in [6.07, 6.45) is 5.97. The minimum absolute atomic E-state index is 0.0295. The van der Waals surface area contributed by atoms with Crippen LogP contribution in [0.5, 0.6) is 0 Å². The smallest absolute Gasteiger partial charge is 0.164 e. The molecule has 13 heavy (non-hydrogen) atoms. The third kappa shape index (κ3) is 2.80. The first-order valence-corrected chi connectivity index (χ1v) is 5.32. The van der Waals surface area contributed by atoms with Crippen molar-refractivity contribution in [2.24, 2.45) is 5.92 Å². The highest BCUT2D eigenvalue weighted by atomic mass is 16.3. The van der Waals surface area contributed by atoms with Gasteiger partial charge in [0, 0.05) is 6.42 Å². The van der Waals surface area contributed by atoms with Crippen molar-refractivity contribution >= 4 is 5.78 Å². The lowest BCUT2D eigenvalue weighted by atomic mass is 9.89. The summed E-state index contributed by atoms with van der Waals surface area (Å²) in [6, 6.07) is 0. The first kappa shape index (κ1) is 10.7. The van der Waals surface area contributed by atoms with Crippen LogP contribution in [0.4, 0.5) is 0 Å². The Kier molecular flexibility index (Phi) is 3.48. The first-order valence-electron chi connectivity index (χ1n) is 5.32. The molecule has 2 nitrogen and oxygen atoms in total. The lowest BCUT2D eigenvalue weighted by molar-refractivity contribution is -0.136. The summed E-state index contributed by atoms with van der Waals surface area (Å²) in [6.45, 7) is 3.48. The minimum atomic E-state index is -1.08. The summed E-state index contributed by atoms with van der Waals surface area (Å²) in [4.78, 5) is 11.6. The second-order valence-corrected chi connectivity index (χ2v) is 4.41. The normalized spacial score (nSPS) is 23.0. The van der Waals surface area contributed by atoms with Crippen LogP contribution in [0.25, 0.3) is 0 Å². The Morgan fingerprint density at radius 2 is 2.00 bits per heavy atom. The van der Waals surface area contributed by atoms with Gasteiger partial charge in [0.15, 0.2) is 5.78 Å². The molecule has 0 amide bonds. The maximum Gasteiger partial charge on any atom is 0.164 e. The van der Waals surface area contributed by atoms with Gasteiger partial charge in [0.1, 0.15) is 5.60 Å². The number of Topliss-reactive ketones (excluding diaryl/α,β-unsaturated/α-hetero) is 1. The number of hydrogen-bond acceptors (Lipinski definition) is 2. The zero-order chi connectivity index (χ0) is 9.90. The zero-order valence-corrected chi connectivity index (χ0v) is 8.68. The fourth-order valence-corrected chi connectivity index (χ4v) is 1.89. The summed E-state index contributed by atoms with van der Waals surface area (Å²) >= 11 is 0. The molecule has 1 N–H and O–H groups in total. The average Bonchev–Trinajstić information content (AvgIpc) is 2.57. The van der Waals surface area contributed by atoms with Gasteiger partial charge in [-0.2, -0.15) is 0 Å². The molecule has 0 heterocycles. The van der Waals surface area contributed by atoms with E-state index in [4.69, 9.17) is 0 Å². The predicted molar refractivity (Wildman–Crippen MR) is 52.5 cm³/mol. The van der Waals surface area contributed by atoms with Gasteiger partial charge in [0.2, 0.25) is 0 Å². The third-order valence-corrected chi connectivity index (χ3v) is 3.24. The summed E-state index contributed by atoms with van der Waals surface area (Å²) in [5.41, 5.74) is -1.08. The van der Waals surface area contributed by atoms with Gasteiger partial charge < -0.3 is 5.11 Å². The van der Waals surface area contributed by atoms with E-state index in [2.05, 4.69) is 0 Å². The molecule has 1 aliphatic carbocycles. The summed E-state index contributed by atoms with van der Waals surface area (Å²) < 4.78 is 0. The molecule has 2 heteroatoms. The number of carbonyl (C=O) groups excluding carboxylic acids is 1. The van der Waals surface area contributed by atoms with E-state index in [-0.39, 0.29) is 5.78 Å². The Labute approximate surface area is 80.3 Å². The molecular formula is C11H20O2. The van der Waals surface area contributed by atoms with Gasteiger partial charge in [-0.15, -0.1) is 0 Å². The topological polar surface area (TPSA) is 37.3 Å². The third-order valence-electron chi connectivity index (χ3n) is 3.24. The van der Waals surface area contributed by atoms with Crippen LogP contribution in [0.15, 0.2) is 0 Å². The molecule has 1 aliphatic rings. The Bertz CT molecular complexity index is 179. The SMILES string of the molecule is CCC(C)(O)C(=O)CC1CCCC1. The van der Waals surface area contributed by atoms with Crippen LogP contribution in [-0.4, -0.2) is 16.5 Å². The van der Waals surface area contributed by atoms with E-state index in [1.165, 1.54) is 25.7 Å². The van der Waals surface area contributed by atoms with E-state index < -0.39 is 5.60 Å². The Balaban J connectivity index is 2.39. The molecule has 1 rings (SSSR count). The molecule has 0 spiro atoms. The average molecular weight is 184 g/mol. The zero-order valence-electron chi connectivity index (χ0n) is 8.68. The van der Waals surface area contributed by atoms with E-state index >= 15 is 0 Å². The van der Waals surface area contributed by atoms with Crippen molar-refractivity contribution < 1.29 is 9.90 Å². The molecular weight excluding hydrogens is 164 g/mol. The number of rotatable bonds is 4. The fourth-order valence-electron chi connectivity index (χ4n) is 1.89. The van der Waals surface area contributed by atoms with Gasteiger partial charge in [-0.3, -0.25) is 4.79 Å². The molecule has 1 unspecified atom stereocenters. The van der Waals surface area contributed by atoms with Gasteiger partial charge in [0.25, 0.3) is 0 Å². The maximum absolute atomic E-state index is 11.6. The van der Waals surface area contributed by atoms with E-state index in [1.807, 2.05) is 6.92 Å². The van der Waals surface area contributed by atoms with E-state index in [1.54, 1.807) is 6.92 Å². The van der Waals surface area contributed by atoms with Crippen LogP contribution < -0.4 is 0 Å². The summed E-state index contributed by atoms with van der Waals surface area (Å²) in [5.74, 6) is 0.576. The van der Waals surface area contributed by atoms with Crippen LogP contribution in [0.1, 0.15) is 52.4 Å². The first-order chi connectivity index (χ1) is 6.06. The Morgan fingerprint density at radius 3 is 2.46 bits per heavy atom. The van der Waals surface area contributed by atoms with Crippen molar-refractivity contribution in [3.63, 3.8) is 0 Å². The second-order valence-electron chi connectivity index (χ2n) is 4.41. The molecule has 0 radical (unpaired) electrons. The van der Waals surface area contributed by atoms with Crippen LogP contribution >= 0.6 is 0 Å². The fraction of sp³-hybridized carbons (Fsp3) is 0.909. The van der Waals surface area contributed by atoms with Crippen molar-refractivity contribution in [3.8, 4) is 0 Å². The maximum atomic E-state index is 11.6. The standard InChI is InChI=1S/C11H20O2/c1-3-11(2,13)10(12)8-9-6-4-5-7-9/h9,13H,3-8H2,1-2H3. The summed E-state index contributed by atoms with van der Waals surface area (Å²) in [5, 5.41) is 9.70. The van der Waals surface area contributed by atoms with E-state index in [0.717, 1.165) is 0 Å². The molecule has 1 atom stereocenters. The molecule has 1 saturated carbocycles. The van der Waals surface area contributed by atoms with E-state index in [0.29, 0.717) is 18.8 Å². The van der Waals surface area contributed by atoms with Crippen molar-refractivity contribution in [1.29, 1.82) is 0 Å². The molecule has 0 aromatic rings. The molecule has 0 saturated heterocycles. The Hall–Kier alpha value is -0.370.